The highest BCUT2D eigenvalue weighted by molar-refractivity contribution is 7.07. The summed E-state index contributed by atoms with van der Waals surface area (Å²) in [5.74, 6) is 0.0254. The Morgan fingerprint density at radius 1 is 1.26 bits per heavy atom. The molecule has 2 aromatic heterocycles. The van der Waals surface area contributed by atoms with E-state index in [2.05, 4.69) is 4.99 Å². The first kappa shape index (κ1) is 24.0. The van der Waals surface area contributed by atoms with Crippen molar-refractivity contribution in [3.63, 3.8) is 0 Å². The molecule has 0 fully saturated rings. The van der Waals surface area contributed by atoms with Crippen LogP contribution < -0.4 is 24.4 Å². The van der Waals surface area contributed by atoms with E-state index in [9.17, 15) is 19.7 Å². The van der Waals surface area contributed by atoms with Crippen LogP contribution in [0, 0.1) is 10.1 Å². The van der Waals surface area contributed by atoms with Crippen molar-refractivity contribution in [3.05, 3.63) is 82.7 Å². The van der Waals surface area contributed by atoms with Crippen LogP contribution in [0.5, 0.6) is 11.5 Å². The third-order valence-corrected chi connectivity index (χ3v) is 6.29. The Balaban J connectivity index is 1.95. The zero-order valence-corrected chi connectivity index (χ0v) is 20.1. The third-order valence-electron chi connectivity index (χ3n) is 5.31. The van der Waals surface area contributed by atoms with Crippen molar-refractivity contribution in [2.75, 3.05) is 20.8 Å². The molecule has 12 heteroatoms. The number of esters is 1. The van der Waals surface area contributed by atoms with Crippen LogP contribution >= 0.6 is 11.3 Å². The van der Waals surface area contributed by atoms with Gasteiger partial charge in [-0.25, -0.2) is 9.79 Å². The van der Waals surface area contributed by atoms with E-state index in [1.807, 2.05) is 0 Å². The van der Waals surface area contributed by atoms with E-state index < -0.39 is 28.4 Å². The quantitative estimate of drug-likeness (QED) is 0.275. The average Bonchev–Trinajstić information content (AvgIpc) is 3.42. The van der Waals surface area contributed by atoms with Gasteiger partial charge < -0.3 is 18.6 Å². The first-order chi connectivity index (χ1) is 16.8. The van der Waals surface area contributed by atoms with Gasteiger partial charge in [-0.1, -0.05) is 17.4 Å². The van der Waals surface area contributed by atoms with E-state index >= 15 is 0 Å². The number of aromatic nitrogens is 1. The minimum absolute atomic E-state index is 0.144. The van der Waals surface area contributed by atoms with Crippen LogP contribution in [0.25, 0.3) is 6.08 Å². The zero-order chi connectivity index (χ0) is 25.3. The number of methoxy groups -OCH3 is 2. The number of rotatable bonds is 7. The van der Waals surface area contributed by atoms with Gasteiger partial charge in [-0.15, -0.1) is 0 Å². The molecule has 0 amide bonds. The molecule has 0 saturated carbocycles. The van der Waals surface area contributed by atoms with E-state index in [1.165, 1.54) is 37.0 Å². The Kier molecular flexibility index (Phi) is 6.56. The molecule has 0 spiro atoms. The fraction of sp³-hybridized carbons (Fsp3) is 0.261. The van der Waals surface area contributed by atoms with E-state index in [0.717, 1.165) is 11.3 Å². The smallest absolute Gasteiger partial charge is 0.433 e. The predicted octanol–water partition coefficient (Wildman–Crippen LogP) is 2.32. The Morgan fingerprint density at radius 2 is 2.00 bits per heavy atom. The number of thiazole rings is 1. The SMILES string of the molecule is CCOC(=O)C1=C(C)N=c2s/c(=C\c3ccc([N+](=O)[O-])o3)c(=O)n2[C@H]1c1ccc(OC)c(OC)c1. The predicted molar refractivity (Wildman–Crippen MR) is 125 cm³/mol. The molecular formula is C23H21N3O8S. The molecule has 0 unspecified atom stereocenters. The van der Waals surface area contributed by atoms with Gasteiger partial charge in [0.2, 0.25) is 0 Å². The van der Waals surface area contributed by atoms with Crippen LogP contribution in [-0.4, -0.2) is 36.3 Å². The van der Waals surface area contributed by atoms with Gasteiger partial charge in [0.15, 0.2) is 16.3 Å². The molecule has 0 aliphatic carbocycles. The average molecular weight is 500 g/mol. The lowest BCUT2D eigenvalue weighted by atomic mass is 9.95. The van der Waals surface area contributed by atoms with E-state index in [4.69, 9.17) is 18.6 Å². The van der Waals surface area contributed by atoms with Crippen LogP contribution in [0.4, 0.5) is 5.88 Å². The van der Waals surface area contributed by atoms with Crippen molar-refractivity contribution in [1.29, 1.82) is 0 Å². The normalized spacial score (nSPS) is 15.4. The fourth-order valence-corrected chi connectivity index (χ4v) is 4.80. The van der Waals surface area contributed by atoms with Crippen LogP contribution in [0.15, 0.2) is 55.8 Å². The maximum absolute atomic E-state index is 13.5. The minimum Gasteiger partial charge on any atom is -0.493 e. The molecule has 35 heavy (non-hydrogen) atoms. The number of carbonyl (C=O) groups excluding carboxylic acids is 1. The van der Waals surface area contributed by atoms with Crippen molar-refractivity contribution >= 4 is 29.3 Å². The maximum atomic E-state index is 13.5. The number of benzene rings is 1. The zero-order valence-electron chi connectivity index (χ0n) is 19.3. The number of hydrogen-bond donors (Lipinski definition) is 0. The summed E-state index contributed by atoms with van der Waals surface area (Å²) in [6, 6.07) is 6.86. The van der Waals surface area contributed by atoms with Crippen LogP contribution in [0.2, 0.25) is 0 Å². The Labute approximate surface area is 202 Å². The summed E-state index contributed by atoms with van der Waals surface area (Å²) in [5, 5.41) is 10.9. The van der Waals surface area contributed by atoms with Gasteiger partial charge in [-0.3, -0.25) is 19.5 Å². The van der Waals surface area contributed by atoms with E-state index in [-0.39, 0.29) is 22.5 Å². The number of nitrogens with zero attached hydrogens (tertiary/aromatic N) is 3. The second kappa shape index (κ2) is 9.58. The molecule has 0 radical (unpaired) electrons. The molecule has 0 N–H and O–H groups in total. The van der Waals surface area contributed by atoms with E-state index in [0.29, 0.717) is 27.6 Å². The largest absolute Gasteiger partial charge is 0.493 e. The summed E-state index contributed by atoms with van der Waals surface area (Å²) in [5.41, 5.74) is 0.763. The van der Waals surface area contributed by atoms with Crippen LogP contribution in [-0.2, 0) is 9.53 Å². The lowest BCUT2D eigenvalue weighted by Gasteiger charge is -2.25. The second-order valence-electron chi connectivity index (χ2n) is 7.35. The van der Waals surface area contributed by atoms with Gasteiger partial charge >= 0.3 is 11.9 Å². The number of nitro groups is 1. The van der Waals surface area contributed by atoms with Crippen LogP contribution in [0.3, 0.4) is 0 Å². The molecule has 182 valence electrons. The van der Waals surface area contributed by atoms with Gasteiger partial charge in [-0.2, -0.15) is 0 Å². The fourth-order valence-electron chi connectivity index (χ4n) is 3.78. The minimum atomic E-state index is -0.849. The molecular weight excluding hydrogens is 478 g/mol. The number of allylic oxidation sites excluding steroid dienone is 1. The topological polar surface area (TPSA) is 135 Å². The van der Waals surface area contributed by atoms with Crippen molar-refractivity contribution in [2.24, 2.45) is 4.99 Å². The number of furan rings is 1. The van der Waals surface area contributed by atoms with Crippen molar-refractivity contribution in [3.8, 4) is 11.5 Å². The Hall–Kier alpha value is -4.19. The lowest BCUT2D eigenvalue weighted by Crippen LogP contribution is -2.39. The van der Waals surface area contributed by atoms with Gasteiger partial charge in [0, 0.05) is 6.08 Å². The van der Waals surface area contributed by atoms with E-state index in [1.54, 1.807) is 32.0 Å². The molecule has 3 heterocycles. The van der Waals surface area contributed by atoms with Gasteiger partial charge in [-0.05, 0) is 37.6 Å². The molecule has 1 aliphatic rings. The molecule has 3 aromatic rings. The molecule has 1 aromatic carbocycles. The van der Waals surface area contributed by atoms with Gasteiger partial charge in [0.25, 0.3) is 5.56 Å². The molecule has 0 saturated heterocycles. The van der Waals surface area contributed by atoms with Crippen molar-refractivity contribution < 1.29 is 28.3 Å². The monoisotopic (exact) mass is 499 g/mol. The summed E-state index contributed by atoms with van der Waals surface area (Å²) in [6.45, 7) is 3.51. The Morgan fingerprint density at radius 3 is 2.63 bits per heavy atom. The molecule has 1 aliphatic heterocycles. The summed E-state index contributed by atoms with van der Waals surface area (Å²) in [4.78, 5) is 41.6. The van der Waals surface area contributed by atoms with Gasteiger partial charge in [0.1, 0.15) is 10.7 Å². The van der Waals surface area contributed by atoms with Crippen LogP contribution in [0.1, 0.15) is 31.2 Å². The molecule has 11 nitrogen and oxygen atoms in total. The first-order valence-electron chi connectivity index (χ1n) is 10.4. The highest BCUT2D eigenvalue weighted by Gasteiger charge is 2.34. The molecule has 4 rings (SSSR count). The summed E-state index contributed by atoms with van der Waals surface area (Å²) in [7, 11) is 3.00. The van der Waals surface area contributed by atoms with Crippen molar-refractivity contribution in [1.82, 2.24) is 4.57 Å². The number of ether oxygens (including phenoxy) is 3. The number of fused-ring (bicyclic) bond motifs is 1. The molecule has 0 bridgehead atoms. The van der Waals surface area contributed by atoms with Gasteiger partial charge in [0.05, 0.1) is 48.7 Å². The summed E-state index contributed by atoms with van der Waals surface area (Å²) in [6.07, 6.45) is 1.41. The third kappa shape index (κ3) is 4.35. The first-order valence-corrected chi connectivity index (χ1v) is 11.3. The maximum Gasteiger partial charge on any atom is 0.433 e. The highest BCUT2D eigenvalue weighted by Crippen LogP contribution is 2.36. The second-order valence-corrected chi connectivity index (χ2v) is 8.36. The highest BCUT2D eigenvalue weighted by atomic mass is 32.1. The summed E-state index contributed by atoms with van der Waals surface area (Å²) >= 11 is 1.08. The number of hydrogen-bond acceptors (Lipinski definition) is 10. The Bertz CT molecular complexity index is 1530. The number of carbonyl (C=O) groups is 1. The lowest BCUT2D eigenvalue weighted by molar-refractivity contribution is -0.402. The van der Waals surface area contributed by atoms with Crippen molar-refractivity contribution in [2.45, 2.75) is 19.9 Å². The molecule has 1 atom stereocenters. The standard InChI is InChI=1S/C23H21N3O8S/c1-5-33-22(28)19-12(2)24-23-25(20(19)13-6-8-15(31-3)16(10-13)32-4)21(27)17(35-23)11-14-7-9-18(34-14)26(29)30/h6-11,20H,5H2,1-4H3/b17-11-/t20-/m0/s1. The summed E-state index contributed by atoms with van der Waals surface area (Å²) < 4.78 is 22.8.